The van der Waals surface area contributed by atoms with E-state index in [-0.39, 0.29) is 0 Å². The summed E-state index contributed by atoms with van der Waals surface area (Å²) in [5.74, 6) is 0. The van der Waals surface area contributed by atoms with Crippen molar-refractivity contribution in [2.45, 2.75) is 0 Å². The Morgan fingerprint density at radius 1 is 0.382 bits per heavy atom. The van der Waals surface area contributed by atoms with Gasteiger partial charge in [0.1, 0.15) is 0 Å². The summed E-state index contributed by atoms with van der Waals surface area (Å²) in [6.07, 6.45) is 7.88. The van der Waals surface area contributed by atoms with Gasteiger partial charge in [0.05, 0.1) is 0 Å². The van der Waals surface area contributed by atoms with E-state index < -0.39 is 0 Å². The first kappa shape index (κ1) is 21.4. The second kappa shape index (κ2) is 10.4. The summed E-state index contributed by atoms with van der Waals surface area (Å²) in [6.45, 7) is 0. The van der Waals surface area contributed by atoms with Gasteiger partial charge in [-0.1, -0.05) is 127 Å². The maximum atomic E-state index is 4.09. The highest BCUT2D eigenvalue weighted by Crippen LogP contribution is 2.36. The molecule has 0 N–H and O–H groups in total. The minimum Gasteiger partial charge on any atom is -0.265 e. The van der Waals surface area contributed by atoms with Crippen LogP contribution in [0.5, 0.6) is 0 Å². The number of pyridine rings is 1. The lowest BCUT2D eigenvalue weighted by Crippen LogP contribution is -1.97. The molecule has 0 aliphatic carbocycles. The molecule has 0 unspecified atom stereocenters. The van der Waals surface area contributed by atoms with E-state index in [2.05, 4.69) is 132 Å². The van der Waals surface area contributed by atoms with Crippen molar-refractivity contribution < 1.29 is 0 Å². The van der Waals surface area contributed by atoms with Gasteiger partial charge >= 0.3 is 0 Å². The Hall–Kier alpha value is -4.49. The fraction of sp³-hybridized carbons (Fsp3) is 0. The van der Waals surface area contributed by atoms with Gasteiger partial charge in [-0.3, -0.25) is 4.98 Å². The second-order valence-corrected chi connectivity index (χ2v) is 8.08. The molecule has 1 aromatic heterocycles. The molecule has 1 heterocycles. The van der Waals surface area contributed by atoms with Gasteiger partial charge in [0.25, 0.3) is 0 Å². The van der Waals surface area contributed by atoms with E-state index in [4.69, 9.17) is 0 Å². The highest BCUT2D eigenvalue weighted by atomic mass is 14.6. The predicted octanol–water partition coefficient (Wildman–Crippen LogP) is 8.26. The molecule has 0 bridgehead atoms. The maximum absolute atomic E-state index is 4.09. The minimum absolute atomic E-state index is 1.14. The third-order valence-electron chi connectivity index (χ3n) is 5.81. The summed E-state index contributed by atoms with van der Waals surface area (Å²) in [5.41, 5.74) is 9.55. The molecule has 162 valence electrons. The third-order valence-corrected chi connectivity index (χ3v) is 5.81. The Morgan fingerprint density at radius 3 is 1.15 bits per heavy atom. The second-order valence-electron chi connectivity index (χ2n) is 8.08. The van der Waals surface area contributed by atoms with Crippen molar-refractivity contribution in [3.63, 3.8) is 0 Å². The van der Waals surface area contributed by atoms with Crippen molar-refractivity contribution in [1.29, 1.82) is 0 Å². The van der Waals surface area contributed by atoms with Crippen molar-refractivity contribution in [2.75, 3.05) is 0 Å². The SMILES string of the molecule is C(=C\c1ccc(C(=C(c2ccccc2)c2ccccc2)c2ccccc2)cc1)/c1ccncc1. The number of hydrogen-bond acceptors (Lipinski definition) is 1. The smallest absolute Gasteiger partial charge is 0.0273 e. The molecule has 0 aliphatic heterocycles. The van der Waals surface area contributed by atoms with E-state index in [0.29, 0.717) is 0 Å². The van der Waals surface area contributed by atoms with Crippen LogP contribution < -0.4 is 0 Å². The van der Waals surface area contributed by atoms with Crippen molar-refractivity contribution in [2.24, 2.45) is 0 Å². The highest BCUT2D eigenvalue weighted by Gasteiger charge is 2.15. The Labute approximate surface area is 201 Å². The number of benzene rings is 4. The standard InChI is InChI=1S/C33H25N/c1-4-10-28(11-5-1)32(29-12-6-2-7-13-29)33(30-14-8-3-9-15-30)31-20-18-26(19-21-31)16-17-27-22-24-34-25-23-27/h1-25H/b17-16+. The van der Waals surface area contributed by atoms with Gasteiger partial charge in [-0.25, -0.2) is 0 Å². The van der Waals surface area contributed by atoms with Crippen molar-refractivity contribution >= 4 is 23.3 Å². The van der Waals surface area contributed by atoms with E-state index in [9.17, 15) is 0 Å². The lowest BCUT2D eigenvalue weighted by atomic mass is 9.85. The zero-order valence-electron chi connectivity index (χ0n) is 18.9. The molecule has 0 amide bonds. The fourth-order valence-corrected chi connectivity index (χ4v) is 4.15. The van der Waals surface area contributed by atoms with Crippen LogP contribution in [-0.4, -0.2) is 4.98 Å². The van der Waals surface area contributed by atoms with E-state index in [1.165, 1.54) is 33.4 Å². The highest BCUT2D eigenvalue weighted by molar-refractivity contribution is 6.04. The summed E-state index contributed by atoms with van der Waals surface area (Å²) in [4.78, 5) is 4.09. The first-order valence-electron chi connectivity index (χ1n) is 11.5. The van der Waals surface area contributed by atoms with Gasteiger partial charge in [-0.05, 0) is 56.7 Å². The molecule has 0 fully saturated rings. The van der Waals surface area contributed by atoms with Crippen molar-refractivity contribution in [3.05, 3.63) is 173 Å². The molecule has 34 heavy (non-hydrogen) atoms. The topological polar surface area (TPSA) is 12.9 Å². The van der Waals surface area contributed by atoms with Crippen molar-refractivity contribution in [3.8, 4) is 0 Å². The molecule has 4 aromatic carbocycles. The average molecular weight is 436 g/mol. The maximum Gasteiger partial charge on any atom is 0.0273 e. The fourth-order valence-electron chi connectivity index (χ4n) is 4.15. The minimum atomic E-state index is 1.14. The van der Waals surface area contributed by atoms with Crippen LogP contribution in [-0.2, 0) is 0 Å². The van der Waals surface area contributed by atoms with Gasteiger partial charge in [-0.15, -0.1) is 0 Å². The van der Waals surface area contributed by atoms with Gasteiger partial charge in [-0.2, -0.15) is 0 Å². The molecule has 0 spiro atoms. The van der Waals surface area contributed by atoms with Crippen LogP contribution in [0.1, 0.15) is 33.4 Å². The van der Waals surface area contributed by atoms with Gasteiger partial charge in [0, 0.05) is 12.4 Å². The molecule has 0 saturated heterocycles. The summed E-state index contributed by atoms with van der Waals surface area (Å²) >= 11 is 0. The summed E-state index contributed by atoms with van der Waals surface area (Å²) in [6, 6.07) is 44.8. The summed E-state index contributed by atoms with van der Waals surface area (Å²) < 4.78 is 0. The van der Waals surface area contributed by atoms with Crippen LogP contribution in [0.2, 0.25) is 0 Å². The van der Waals surface area contributed by atoms with Gasteiger partial charge in [0.15, 0.2) is 0 Å². The molecule has 5 aromatic rings. The quantitative estimate of drug-likeness (QED) is 0.245. The first-order valence-corrected chi connectivity index (χ1v) is 11.5. The van der Waals surface area contributed by atoms with E-state index in [1.54, 1.807) is 0 Å². The van der Waals surface area contributed by atoms with Crippen LogP contribution in [0.3, 0.4) is 0 Å². The van der Waals surface area contributed by atoms with Gasteiger partial charge in [0.2, 0.25) is 0 Å². The van der Waals surface area contributed by atoms with Crippen LogP contribution in [0.15, 0.2) is 140 Å². The Balaban J connectivity index is 1.66. The van der Waals surface area contributed by atoms with E-state index >= 15 is 0 Å². The normalized spacial score (nSPS) is 10.8. The molecule has 1 nitrogen and oxygen atoms in total. The van der Waals surface area contributed by atoms with Gasteiger partial charge < -0.3 is 0 Å². The molecule has 1 heteroatoms. The molecular weight excluding hydrogens is 410 g/mol. The molecule has 5 rings (SSSR count). The first-order chi connectivity index (χ1) is 16.9. The molecule has 0 saturated carbocycles. The van der Waals surface area contributed by atoms with Crippen LogP contribution in [0.4, 0.5) is 0 Å². The number of nitrogens with zero attached hydrogens (tertiary/aromatic N) is 1. The van der Waals surface area contributed by atoms with Crippen LogP contribution >= 0.6 is 0 Å². The molecular formula is C33H25N. The summed E-state index contributed by atoms with van der Waals surface area (Å²) in [7, 11) is 0. The third kappa shape index (κ3) is 4.95. The van der Waals surface area contributed by atoms with E-state index in [1.807, 2.05) is 24.5 Å². The Morgan fingerprint density at radius 2 is 0.735 bits per heavy atom. The average Bonchev–Trinajstić information content (AvgIpc) is 2.93. The Kier molecular flexibility index (Phi) is 6.54. The summed E-state index contributed by atoms with van der Waals surface area (Å²) in [5, 5.41) is 0. The zero-order chi connectivity index (χ0) is 23.0. The van der Waals surface area contributed by atoms with Crippen LogP contribution in [0, 0.1) is 0 Å². The monoisotopic (exact) mass is 435 g/mol. The number of aromatic nitrogens is 1. The number of hydrogen-bond donors (Lipinski definition) is 0. The molecule has 0 atom stereocenters. The lowest BCUT2D eigenvalue weighted by Gasteiger charge is -2.18. The predicted molar refractivity (Wildman–Crippen MR) is 144 cm³/mol. The zero-order valence-corrected chi connectivity index (χ0v) is 18.9. The molecule has 0 aliphatic rings. The Bertz CT molecular complexity index is 1340. The van der Waals surface area contributed by atoms with Crippen LogP contribution in [0.25, 0.3) is 23.3 Å². The molecule has 0 radical (unpaired) electrons. The van der Waals surface area contributed by atoms with E-state index in [0.717, 1.165) is 11.1 Å². The number of rotatable bonds is 6. The largest absolute Gasteiger partial charge is 0.265 e. The lowest BCUT2D eigenvalue weighted by molar-refractivity contribution is 1.32. The van der Waals surface area contributed by atoms with Crippen molar-refractivity contribution in [1.82, 2.24) is 4.98 Å².